The molecule has 0 amide bonds. The minimum absolute atomic E-state index is 0.350. The van der Waals surface area contributed by atoms with Crippen molar-refractivity contribution in [2.75, 3.05) is 0 Å². The predicted octanol–water partition coefficient (Wildman–Crippen LogP) is 3.17. The number of alkyl halides is 1. The molecule has 0 nitrogen and oxygen atoms in total. The van der Waals surface area contributed by atoms with Gasteiger partial charge in [-0.15, -0.1) is 0 Å². The number of halogens is 1. The van der Waals surface area contributed by atoms with Gasteiger partial charge in [0.15, 0.2) is 0 Å². The van der Waals surface area contributed by atoms with Gasteiger partial charge in [0.05, 0.1) is 0 Å². The molecule has 2 aliphatic rings. The largest absolute Gasteiger partial charge is 0.247 e. The molecule has 2 saturated carbocycles. The van der Waals surface area contributed by atoms with Crippen LogP contribution in [0.4, 0.5) is 4.39 Å². The van der Waals surface area contributed by atoms with Crippen LogP contribution in [0.15, 0.2) is 0 Å². The third kappa shape index (κ3) is 1.19. The molecule has 0 spiro atoms. The van der Waals surface area contributed by atoms with Gasteiger partial charge in [-0.3, -0.25) is 0 Å². The lowest BCUT2D eigenvalue weighted by Crippen LogP contribution is -2.20. The van der Waals surface area contributed by atoms with E-state index in [9.17, 15) is 4.39 Å². The van der Waals surface area contributed by atoms with Crippen LogP contribution in [-0.2, 0) is 0 Å². The SMILES string of the molecule is CC1CC2CCCCC2C1F. The van der Waals surface area contributed by atoms with E-state index in [0.29, 0.717) is 11.8 Å². The van der Waals surface area contributed by atoms with Gasteiger partial charge in [-0.2, -0.15) is 0 Å². The van der Waals surface area contributed by atoms with Crippen LogP contribution in [-0.4, -0.2) is 6.17 Å². The molecule has 0 N–H and O–H groups in total. The summed E-state index contributed by atoms with van der Waals surface area (Å²) >= 11 is 0. The molecular weight excluding hydrogens is 139 g/mol. The average Bonchev–Trinajstić information content (AvgIpc) is 2.30. The Morgan fingerprint density at radius 2 is 1.91 bits per heavy atom. The molecule has 2 fully saturated rings. The Bertz CT molecular complexity index is 144. The van der Waals surface area contributed by atoms with E-state index in [0.717, 1.165) is 18.8 Å². The summed E-state index contributed by atoms with van der Waals surface area (Å²) in [5.41, 5.74) is 0. The fourth-order valence-corrected chi connectivity index (χ4v) is 2.98. The van der Waals surface area contributed by atoms with Gasteiger partial charge in [0.1, 0.15) is 6.17 Å². The highest BCUT2D eigenvalue weighted by atomic mass is 19.1. The molecule has 11 heavy (non-hydrogen) atoms. The lowest BCUT2D eigenvalue weighted by Gasteiger charge is -2.25. The first-order valence-corrected chi connectivity index (χ1v) is 4.93. The lowest BCUT2D eigenvalue weighted by atomic mass is 9.81. The standard InChI is InChI=1S/C10H17F/c1-7-6-8-4-2-3-5-9(8)10(7)11/h7-10H,2-6H2,1H3. The summed E-state index contributed by atoms with van der Waals surface area (Å²) in [5, 5.41) is 0. The second-order valence-electron chi connectivity index (χ2n) is 4.37. The van der Waals surface area contributed by atoms with E-state index in [-0.39, 0.29) is 0 Å². The normalized spacial score (nSPS) is 50.7. The molecule has 4 atom stereocenters. The maximum atomic E-state index is 13.5. The van der Waals surface area contributed by atoms with Crippen molar-refractivity contribution in [3.63, 3.8) is 0 Å². The molecule has 64 valence electrons. The minimum atomic E-state index is -0.472. The summed E-state index contributed by atoms with van der Waals surface area (Å²) in [4.78, 5) is 0. The fraction of sp³-hybridized carbons (Fsp3) is 1.00. The Morgan fingerprint density at radius 3 is 2.64 bits per heavy atom. The first kappa shape index (κ1) is 7.57. The zero-order chi connectivity index (χ0) is 7.84. The summed E-state index contributed by atoms with van der Waals surface area (Å²) in [6.07, 6.45) is 5.77. The van der Waals surface area contributed by atoms with E-state index in [1.54, 1.807) is 0 Å². The van der Waals surface area contributed by atoms with Crippen molar-refractivity contribution < 1.29 is 4.39 Å². The van der Waals surface area contributed by atoms with Crippen LogP contribution in [0.5, 0.6) is 0 Å². The van der Waals surface area contributed by atoms with Gasteiger partial charge in [-0.1, -0.05) is 26.2 Å². The van der Waals surface area contributed by atoms with E-state index >= 15 is 0 Å². The molecule has 1 heteroatoms. The highest BCUT2D eigenvalue weighted by Crippen LogP contribution is 2.46. The molecule has 4 unspecified atom stereocenters. The Hall–Kier alpha value is -0.0700. The van der Waals surface area contributed by atoms with Crippen molar-refractivity contribution in [3.8, 4) is 0 Å². The Kier molecular flexibility index (Phi) is 1.90. The molecule has 0 radical (unpaired) electrons. The van der Waals surface area contributed by atoms with Gasteiger partial charge in [0, 0.05) is 0 Å². The van der Waals surface area contributed by atoms with Crippen LogP contribution in [0, 0.1) is 17.8 Å². The third-order valence-corrected chi connectivity index (χ3v) is 3.60. The Balaban J connectivity index is 2.05. The van der Waals surface area contributed by atoms with Crippen LogP contribution in [0.1, 0.15) is 39.0 Å². The van der Waals surface area contributed by atoms with Crippen LogP contribution in [0.25, 0.3) is 0 Å². The molecule has 2 aliphatic carbocycles. The highest BCUT2D eigenvalue weighted by molar-refractivity contribution is 4.91. The predicted molar refractivity (Wildman–Crippen MR) is 44.1 cm³/mol. The van der Waals surface area contributed by atoms with E-state index in [2.05, 4.69) is 6.92 Å². The van der Waals surface area contributed by atoms with Crippen molar-refractivity contribution in [3.05, 3.63) is 0 Å². The van der Waals surface area contributed by atoms with Crippen molar-refractivity contribution in [2.24, 2.45) is 17.8 Å². The van der Waals surface area contributed by atoms with Crippen molar-refractivity contribution in [2.45, 2.75) is 45.2 Å². The quantitative estimate of drug-likeness (QED) is 0.505. The zero-order valence-corrected chi connectivity index (χ0v) is 7.22. The number of rotatable bonds is 0. The molecule has 0 saturated heterocycles. The first-order valence-electron chi connectivity index (χ1n) is 4.93. The second kappa shape index (κ2) is 2.76. The monoisotopic (exact) mass is 156 g/mol. The Morgan fingerprint density at radius 1 is 1.18 bits per heavy atom. The lowest BCUT2D eigenvalue weighted by molar-refractivity contribution is 0.165. The first-order chi connectivity index (χ1) is 5.29. The van der Waals surface area contributed by atoms with Gasteiger partial charge in [0.25, 0.3) is 0 Å². The van der Waals surface area contributed by atoms with Crippen LogP contribution < -0.4 is 0 Å². The van der Waals surface area contributed by atoms with Gasteiger partial charge in [-0.05, 0) is 30.6 Å². The highest BCUT2D eigenvalue weighted by Gasteiger charge is 2.41. The maximum Gasteiger partial charge on any atom is 0.106 e. The van der Waals surface area contributed by atoms with Crippen molar-refractivity contribution in [1.29, 1.82) is 0 Å². The topological polar surface area (TPSA) is 0 Å². The molecular formula is C10H17F. The molecule has 0 aliphatic heterocycles. The molecule has 0 aromatic rings. The van der Waals surface area contributed by atoms with E-state index in [1.807, 2.05) is 0 Å². The Labute approximate surface area is 68.2 Å². The molecule has 0 bridgehead atoms. The number of hydrogen-bond donors (Lipinski definition) is 0. The van der Waals surface area contributed by atoms with Crippen LogP contribution in [0.3, 0.4) is 0 Å². The molecule has 2 rings (SSSR count). The summed E-state index contributed by atoms with van der Waals surface area (Å²) in [5.74, 6) is 1.54. The number of hydrogen-bond acceptors (Lipinski definition) is 0. The molecule has 0 aromatic carbocycles. The van der Waals surface area contributed by atoms with Gasteiger partial charge >= 0.3 is 0 Å². The summed E-state index contributed by atoms with van der Waals surface area (Å²) < 4.78 is 13.5. The van der Waals surface area contributed by atoms with E-state index in [1.165, 1.54) is 19.3 Å². The van der Waals surface area contributed by atoms with E-state index in [4.69, 9.17) is 0 Å². The van der Waals surface area contributed by atoms with Crippen LogP contribution in [0.2, 0.25) is 0 Å². The van der Waals surface area contributed by atoms with Gasteiger partial charge < -0.3 is 0 Å². The summed E-state index contributed by atoms with van der Waals surface area (Å²) in [6, 6.07) is 0. The summed E-state index contributed by atoms with van der Waals surface area (Å²) in [6.45, 7) is 2.07. The minimum Gasteiger partial charge on any atom is -0.247 e. The second-order valence-corrected chi connectivity index (χ2v) is 4.37. The maximum absolute atomic E-state index is 13.5. The smallest absolute Gasteiger partial charge is 0.106 e. The average molecular weight is 156 g/mol. The zero-order valence-electron chi connectivity index (χ0n) is 7.22. The summed E-state index contributed by atoms with van der Waals surface area (Å²) in [7, 11) is 0. The third-order valence-electron chi connectivity index (χ3n) is 3.60. The molecule has 0 aromatic heterocycles. The van der Waals surface area contributed by atoms with Gasteiger partial charge in [-0.25, -0.2) is 4.39 Å². The van der Waals surface area contributed by atoms with Gasteiger partial charge in [0.2, 0.25) is 0 Å². The number of fused-ring (bicyclic) bond motifs is 1. The van der Waals surface area contributed by atoms with Crippen LogP contribution >= 0.6 is 0 Å². The van der Waals surface area contributed by atoms with E-state index < -0.39 is 6.17 Å². The van der Waals surface area contributed by atoms with Crippen molar-refractivity contribution >= 4 is 0 Å². The molecule has 0 heterocycles. The van der Waals surface area contributed by atoms with Crippen molar-refractivity contribution in [1.82, 2.24) is 0 Å². The fourth-order valence-electron chi connectivity index (χ4n) is 2.98.